The summed E-state index contributed by atoms with van der Waals surface area (Å²) >= 11 is 11.3. The molecule has 0 amide bonds. The summed E-state index contributed by atoms with van der Waals surface area (Å²) in [5, 5.41) is 12.0. The minimum absolute atomic E-state index is 0.638. The Morgan fingerprint density at radius 2 is 2.10 bits per heavy atom. The predicted molar refractivity (Wildman–Crippen MR) is 92.0 cm³/mol. The summed E-state index contributed by atoms with van der Waals surface area (Å²) in [6.07, 6.45) is 2.60. The Morgan fingerprint density at radius 3 is 2.76 bits per heavy atom. The Bertz CT molecular complexity index is 624. The second-order valence-corrected chi connectivity index (χ2v) is 5.67. The van der Waals surface area contributed by atoms with Crippen LogP contribution in [0.5, 0.6) is 0 Å². The Balaban J connectivity index is 1.73. The van der Waals surface area contributed by atoms with Crippen LogP contribution in [-0.2, 0) is 6.54 Å². The molecule has 2 rings (SSSR count). The Kier molecular flexibility index (Phi) is 5.59. The number of hydrogen-bond acceptors (Lipinski definition) is 2. The number of thiocarbonyl (C=S) groups is 1. The minimum Gasteiger partial charge on any atom is -0.362 e. The molecule has 2 N–H and O–H groups in total. The van der Waals surface area contributed by atoms with Gasteiger partial charge in [-0.1, -0.05) is 29.8 Å². The highest BCUT2D eigenvalue weighted by atomic mass is 35.5. The van der Waals surface area contributed by atoms with Crippen LogP contribution in [0.2, 0.25) is 5.02 Å². The fraction of sp³-hybridized carbons (Fsp3) is 0.333. The van der Waals surface area contributed by atoms with E-state index in [1.165, 1.54) is 5.56 Å². The third-order valence-electron chi connectivity index (χ3n) is 3.27. The van der Waals surface area contributed by atoms with Gasteiger partial charge < -0.3 is 10.6 Å². The maximum Gasteiger partial charge on any atom is 0.170 e. The Morgan fingerprint density at radius 1 is 1.33 bits per heavy atom. The van der Waals surface area contributed by atoms with E-state index >= 15 is 0 Å². The van der Waals surface area contributed by atoms with Gasteiger partial charge in [0.2, 0.25) is 0 Å². The van der Waals surface area contributed by atoms with E-state index in [0.717, 1.165) is 30.9 Å². The molecular weight excluding hydrogens is 304 g/mol. The highest BCUT2D eigenvalue weighted by Gasteiger charge is 2.03. The monoisotopic (exact) mass is 322 g/mol. The first-order valence-corrected chi connectivity index (χ1v) is 7.65. The molecule has 4 nitrogen and oxygen atoms in total. The fourth-order valence-electron chi connectivity index (χ4n) is 1.96. The zero-order valence-electron chi connectivity index (χ0n) is 12.2. The molecule has 0 unspecified atom stereocenters. The molecule has 0 saturated carbocycles. The lowest BCUT2D eigenvalue weighted by atomic mass is 10.2. The van der Waals surface area contributed by atoms with Gasteiger partial charge in [-0.3, -0.25) is 4.68 Å². The van der Waals surface area contributed by atoms with Crippen LogP contribution in [0.4, 0.5) is 5.69 Å². The van der Waals surface area contributed by atoms with Gasteiger partial charge in [-0.25, -0.2) is 0 Å². The number of halogens is 1. The number of anilines is 1. The summed E-state index contributed by atoms with van der Waals surface area (Å²) in [5.74, 6) is 0. The molecule has 0 aliphatic rings. The standard InChI is InChI=1S/C15H19ClN4S/c1-11-6-3-4-7-14(11)19-15(21)17-8-5-9-20-12(2)13(16)10-18-20/h3-4,6-7,10H,5,8-9H2,1-2H3,(H2,17,19,21). The molecule has 1 aromatic heterocycles. The van der Waals surface area contributed by atoms with Crippen molar-refractivity contribution < 1.29 is 0 Å². The molecule has 0 spiro atoms. The molecule has 2 aromatic rings. The first-order chi connectivity index (χ1) is 10.1. The van der Waals surface area contributed by atoms with Crippen LogP contribution < -0.4 is 10.6 Å². The van der Waals surface area contributed by atoms with Crippen LogP contribution >= 0.6 is 23.8 Å². The lowest BCUT2D eigenvalue weighted by Crippen LogP contribution is -2.30. The molecular formula is C15H19ClN4S. The predicted octanol–water partition coefficient (Wildman–Crippen LogP) is 3.53. The van der Waals surface area contributed by atoms with Crippen molar-refractivity contribution in [2.45, 2.75) is 26.8 Å². The van der Waals surface area contributed by atoms with Crippen molar-refractivity contribution in [2.24, 2.45) is 0 Å². The average molecular weight is 323 g/mol. The van der Waals surface area contributed by atoms with Crippen LogP contribution in [0.3, 0.4) is 0 Å². The van der Waals surface area contributed by atoms with E-state index in [-0.39, 0.29) is 0 Å². The van der Waals surface area contributed by atoms with Crippen molar-refractivity contribution >= 4 is 34.6 Å². The smallest absolute Gasteiger partial charge is 0.170 e. The van der Waals surface area contributed by atoms with Gasteiger partial charge in [0.25, 0.3) is 0 Å². The van der Waals surface area contributed by atoms with Crippen molar-refractivity contribution in [2.75, 3.05) is 11.9 Å². The highest BCUT2D eigenvalue weighted by Crippen LogP contribution is 2.14. The normalized spacial score (nSPS) is 10.4. The number of rotatable bonds is 5. The number of aromatic nitrogens is 2. The number of benzene rings is 1. The molecule has 0 saturated heterocycles. The largest absolute Gasteiger partial charge is 0.362 e. The molecule has 1 aromatic carbocycles. The first-order valence-electron chi connectivity index (χ1n) is 6.86. The third-order valence-corrected chi connectivity index (χ3v) is 3.89. The molecule has 1 heterocycles. The number of nitrogens with zero attached hydrogens (tertiary/aromatic N) is 2. The van der Waals surface area contributed by atoms with Crippen molar-refractivity contribution in [3.05, 3.63) is 46.7 Å². The van der Waals surface area contributed by atoms with Gasteiger partial charge in [-0.05, 0) is 44.1 Å². The average Bonchev–Trinajstić information content (AvgIpc) is 2.78. The maximum atomic E-state index is 5.97. The van der Waals surface area contributed by atoms with Gasteiger partial charge in [0.1, 0.15) is 0 Å². The van der Waals surface area contributed by atoms with Gasteiger partial charge in [-0.15, -0.1) is 0 Å². The van der Waals surface area contributed by atoms with Gasteiger partial charge >= 0.3 is 0 Å². The molecule has 112 valence electrons. The Hall–Kier alpha value is -1.59. The second-order valence-electron chi connectivity index (χ2n) is 4.85. The summed E-state index contributed by atoms with van der Waals surface area (Å²) in [7, 11) is 0. The molecule has 0 fully saturated rings. The number of hydrogen-bond donors (Lipinski definition) is 2. The SMILES string of the molecule is Cc1ccccc1NC(=S)NCCCn1ncc(Cl)c1C. The lowest BCUT2D eigenvalue weighted by Gasteiger charge is -2.12. The van der Waals surface area contributed by atoms with E-state index < -0.39 is 0 Å². The number of nitrogens with one attached hydrogen (secondary N) is 2. The Labute approximate surface area is 135 Å². The summed E-state index contributed by atoms with van der Waals surface area (Å²) in [4.78, 5) is 0. The molecule has 21 heavy (non-hydrogen) atoms. The van der Waals surface area contributed by atoms with Gasteiger partial charge in [0.15, 0.2) is 5.11 Å². The van der Waals surface area contributed by atoms with Crippen LogP contribution in [0.15, 0.2) is 30.5 Å². The van der Waals surface area contributed by atoms with Crippen LogP contribution in [0, 0.1) is 13.8 Å². The van der Waals surface area contributed by atoms with Crippen LogP contribution in [0.25, 0.3) is 0 Å². The molecule has 0 aliphatic carbocycles. The van der Waals surface area contributed by atoms with Crippen molar-refractivity contribution in [3.63, 3.8) is 0 Å². The quantitative estimate of drug-likeness (QED) is 0.653. The van der Waals surface area contributed by atoms with Gasteiger partial charge in [0.05, 0.1) is 16.9 Å². The van der Waals surface area contributed by atoms with E-state index in [2.05, 4.69) is 28.7 Å². The van der Waals surface area contributed by atoms with Crippen molar-refractivity contribution in [1.29, 1.82) is 0 Å². The fourth-order valence-corrected chi connectivity index (χ4v) is 2.31. The second kappa shape index (κ2) is 7.43. The summed E-state index contributed by atoms with van der Waals surface area (Å²) in [6, 6.07) is 8.06. The van der Waals surface area contributed by atoms with E-state index in [1.54, 1.807) is 6.20 Å². The lowest BCUT2D eigenvalue weighted by molar-refractivity contribution is 0.561. The molecule has 0 bridgehead atoms. The molecule has 0 aliphatic heterocycles. The van der Waals surface area contributed by atoms with E-state index in [9.17, 15) is 0 Å². The van der Waals surface area contributed by atoms with E-state index in [4.69, 9.17) is 23.8 Å². The zero-order chi connectivity index (χ0) is 15.2. The third kappa shape index (κ3) is 4.44. The van der Waals surface area contributed by atoms with Crippen molar-refractivity contribution in [1.82, 2.24) is 15.1 Å². The van der Waals surface area contributed by atoms with E-state index in [1.807, 2.05) is 29.8 Å². The van der Waals surface area contributed by atoms with Gasteiger partial charge in [0, 0.05) is 18.8 Å². The van der Waals surface area contributed by atoms with Crippen LogP contribution in [-0.4, -0.2) is 21.4 Å². The van der Waals surface area contributed by atoms with Gasteiger partial charge in [-0.2, -0.15) is 5.10 Å². The highest BCUT2D eigenvalue weighted by molar-refractivity contribution is 7.80. The summed E-state index contributed by atoms with van der Waals surface area (Å²) in [5.41, 5.74) is 3.20. The number of para-hydroxylation sites is 1. The van der Waals surface area contributed by atoms with E-state index in [0.29, 0.717) is 10.1 Å². The molecule has 0 radical (unpaired) electrons. The first kappa shape index (κ1) is 15.8. The minimum atomic E-state index is 0.638. The zero-order valence-corrected chi connectivity index (χ0v) is 13.8. The van der Waals surface area contributed by atoms with Crippen molar-refractivity contribution in [3.8, 4) is 0 Å². The number of aryl methyl sites for hydroxylation is 2. The van der Waals surface area contributed by atoms with Crippen LogP contribution in [0.1, 0.15) is 17.7 Å². The maximum absolute atomic E-state index is 5.97. The summed E-state index contributed by atoms with van der Waals surface area (Å²) in [6.45, 7) is 5.62. The topological polar surface area (TPSA) is 41.9 Å². The molecule has 6 heteroatoms. The summed E-state index contributed by atoms with van der Waals surface area (Å²) < 4.78 is 1.90. The molecule has 0 atom stereocenters.